The van der Waals surface area contributed by atoms with Crippen molar-refractivity contribution in [2.45, 2.75) is 6.04 Å². The number of hydrogen-bond donors (Lipinski definition) is 0. The van der Waals surface area contributed by atoms with Crippen LogP contribution in [0.3, 0.4) is 0 Å². The number of hydrogen-bond acceptors (Lipinski definition) is 3. The van der Waals surface area contributed by atoms with Gasteiger partial charge in [-0.15, -0.1) is 6.58 Å². The maximum atomic E-state index is 12.8. The molecule has 1 unspecified atom stereocenters. The highest BCUT2D eigenvalue weighted by atomic mass is 16.1. The van der Waals surface area contributed by atoms with Gasteiger partial charge in [-0.05, 0) is 23.8 Å². The van der Waals surface area contributed by atoms with E-state index in [2.05, 4.69) is 52.8 Å². The van der Waals surface area contributed by atoms with Crippen molar-refractivity contribution in [3.05, 3.63) is 114 Å². The molecule has 1 atom stereocenters. The molecule has 1 aliphatic rings. The van der Waals surface area contributed by atoms with E-state index in [0.29, 0.717) is 0 Å². The molecule has 29 heavy (non-hydrogen) atoms. The van der Waals surface area contributed by atoms with Crippen LogP contribution in [0.15, 0.2) is 97.6 Å². The average molecular weight is 383 g/mol. The summed E-state index contributed by atoms with van der Waals surface area (Å²) in [6, 6.07) is 28.1. The van der Waals surface area contributed by atoms with E-state index >= 15 is 0 Å². The van der Waals surface area contributed by atoms with Crippen LogP contribution in [-0.2, 0) is 0 Å². The minimum Gasteiger partial charge on any atom is -0.369 e. The van der Waals surface area contributed by atoms with Gasteiger partial charge in [0.25, 0.3) is 0 Å². The maximum Gasteiger partial charge on any atom is 0.193 e. The van der Waals surface area contributed by atoms with Gasteiger partial charge in [0.05, 0.1) is 6.04 Å². The normalized spacial score (nSPS) is 15.7. The average Bonchev–Trinajstić information content (AvgIpc) is 2.81. The standard InChI is InChI=1S/C26H26N2O/c1-2-25(28-18-16-27(17-19-28)24-14-7-4-8-15-24)22-12-9-13-23(20-22)26(29)21-10-5-3-6-11-21/h2-15,20,25H,1,16-19H2. The molecule has 4 rings (SSSR count). The third-order valence-electron chi connectivity index (χ3n) is 5.58. The van der Waals surface area contributed by atoms with E-state index in [4.69, 9.17) is 0 Å². The number of carbonyl (C=O) groups excluding carboxylic acids is 1. The number of para-hydroxylation sites is 1. The van der Waals surface area contributed by atoms with Crippen molar-refractivity contribution in [2.75, 3.05) is 31.1 Å². The first kappa shape index (κ1) is 19.2. The Morgan fingerprint density at radius 2 is 1.41 bits per heavy atom. The quantitative estimate of drug-likeness (QED) is 0.444. The lowest BCUT2D eigenvalue weighted by Gasteiger charge is -2.39. The summed E-state index contributed by atoms with van der Waals surface area (Å²) in [6.45, 7) is 7.97. The van der Waals surface area contributed by atoms with Crippen LogP contribution in [0.1, 0.15) is 27.5 Å². The highest BCUT2D eigenvalue weighted by molar-refractivity contribution is 6.09. The largest absolute Gasteiger partial charge is 0.369 e. The predicted octanol–water partition coefficient (Wildman–Crippen LogP) is 4.97. The molecule has 1 aliphatic heterocycles. The SMILES string of the molecule is C=CC(c1cccc(C(=O)c2ccccc2)c1)N1CCN(c2ccccc2)CC1. The van der Waals surface area contributed by atoms with E-state index in [1.54, 1.807) is 0 Å². The monoisotopic (exact) mass is 382 g/mol. The van der Waals surface area contributed by atoms with Gasteiger partial charge in [0.1, 0.15) is 0 Å². The molecule has 0 aromatic heterocycles. The van der Waals surface area contributed by atoms with E-state index in [-0.39, 0.29) is 11.8 Å². The maximum absolute atomic E-state index is 12.8. The van der Waals surface area contributed by atoms with Crippen LogP contribution in [0.2, 0.25) is 0 Å². The van der Waals surface area contributed by atoms with E-state index in [1.165, 1.54) is 5.69 Å². The van der Waals surface area contributed by atoms with Gasteiger partial charge in [0.15, 0.2) is 5.78 Å². The molecule has 3 heteroatoms. The zero-order chi connectivity index (χ0) is 20.1. The summed E-state index contributed by atoms with van der Waals surface area (Å²) in [6.07, 6.45) is 1.99. The summed E-state index contributed by atoms with van der Waals surface area (Å²) in [5.41, 5.74) is 3.84. The molecule has 0 aliphatic carbocycles. The summed E-state index contributed by atoms with van der Waals surface area (Å²) in [5, 5.41) is 0. The number of anilines is 1. The predicted molar refractivity (Wildman–Crippen MR) is 119 cm³/mol. The minimum absolute atomic E-state index is 0.0594. The fraction of sp³-hybridized carbons (Fsp3) is 0.192. The molecule has 0 bridgehead atoms. The van der Waals surface area contributed by atoms with Gasteiger partial charge in [-0.3, -0.25) is 9.69 Å². The van der Waals surface area contributed by atoms with E-state index < -0.39 is 0 Å². The Morgan fingerprint density at radius 1 is 0.793 bits per heavy atom. The molecule has 0 spiro atoms. The minimum atomic E-state index is 0.0594. The summed E-state index contributed by atoms with van der Waals surface area (Å²) >= 11 is 0. The summed E-state index contributed by atoms with van der Waals surface area (Å²) in [7, 11) is 0. The van der Waals surface area contributed by atoms with Crippen molar-refractivity contribution in [3.8, 4) is 0 Å². The van der Waals surface area contributed by atoms with Gasteiger partial charge < -0.3 is 4.90 Å². The third kappa shape index (κ3) is 4.30. The molecule has 1 heterocycles. The van der Waals surface area contributed by atoms with Gasteiger partial charge in [-0.1, -0.05) is 72.8 Å². The number of ketones is 1. The van der Waals surface area contributed by atoms with E-state index in [1.807, 2.05) is 54.6 Å². The fourth-order valence-corrected chi connectivity index (χ4v) is 4.01. The van der Waals surface area contributed by atoms with Crippen molar-refractivity contribution in [1.29, 1.82) is 0 Å². The second kappa shape index (κ2) is 8.89. The Bertz CT molecular complexity index is 960. The first-order valence-electron chi connectivity index (χ1n) is 10.1. The second-order valence-corrected chi connectivity index (χ2v) is 7.36. The number of piperazine rings is 1. The van der Waals surface area contributed by atoms with Crippen molar-refractivity contribution >= 4 is 11.5 Å². The molecular formula is C26H26N2O. The van der Waals surface area contributed by atoms with E-state index in [0.717, 1.165) is 42.9 Å². The Kier molecular flexibility index (Phi) is 5.87. The lowest BCUT2D eigenvalue weighted by atomic mass is 9.97. The topological polar surface area (TPSA) is 23.6 Å². The zero-order valence-electron chi connectivity index (χ0n) is 16.6. The highest BCUT2D eigenvalue weighted by Crippen LogP contribution is 2.26. The van der Waals surface area contributed by atoms with Crippen LogP contribution in [0, 0.1) is 0 Å². The smallest absolute Gasteiger partial charge is 0.193 e. The molecular weight excluding hydrogens is 356 g/mol. The first-order valence-corrected chi connectivity index (χ1v) is 10.1. The summed E-state index contributed by atoms with van der Waals surface area (Å²) in [5.74, 6) is 0.0594. The molecule has 0 amide bonds. The van der Waals surface area contributed by atoms with Crippen LogP contribution in [-0.4, -0.2) is 36.9 Å². The van der Waals surface area contributed by atoms with E-state index in [9.17, 15) is 4.79 Å². The third-order valence-corrected chi connectivity index (χ3v) is 5.58. The van der Waals surface area contributed by atoms with Gasteiger partial charge in [0.2, 0.25) is 0 Å². The Labute approximate surface area is 172 Å². The Morgan fingerprint density at radius 3 is 2.07 bits per heavy atom. The lowest BCUT2D eigenvalue weighted by molar-refractivity contribution is 0.103. The zero-order valence-corrected chi connectivity index (χ0v) is 16.6. The van der Waals surface area contributed by atoms with Crippen LogP contribution in [0.4, 0.5) is 5.69 Å². The summed E-state index contributed by atoms with van der Waals surface area (Å²) in [4.78, 5) is 17.7. The van der Waals surface area contributed by atoms with Gasteiger partial charge in [0, 0.05) is 43.0 Å². The van der Waals surface area contributed by atoms with Crippen LogP contribution in [0.25, 0.3) is 0 Å². The number of carbonyl (C=O) groups is 1. The Balaban J connectivity index is 1.49. The number of rotatable bonds is 6. The number of nitrogens with zero attached hydrogens (tertiary/aromatic N) is 2. The molecule has 0 radical (unpaired) electrons. The van der Waals surface area contributed by atoms with Crippen molar-refractivity contribution < 1.29 is 4.79 Å². The second-order valence-electron chi connectivity index (χ2n) is 7.36. The van der Waals surface area contributed by atoms with Crippen molar-refractivity contribution in [1.82, 2.24) is 4.90 Å². The molecule has 1 fully saturated rings. The van der Waals surface area contributed by atoms with Gasteiger partial charge in [-0.2, -0.15) is 0 Å². The van der Waals surface area contributed by atoms with Gasteiger partial charge >= 0.3 is 0 Å². The lowest BCUT2D eigenvalue weighted by Crippen LogP contribution is -2.47. The van der Waals surface area contributed by atoms with Gasteiger partial charge in [-0.25, -0.2) is 0 Å². The molecule has 3 aromatic rings. The highest BCUT2D eigenvalue weighted by Gasteiger charge is 2.24. The Hall–Kier alpha value is -3.17. The van der Waals surface area contributed by atoms with Crippen LogP contribution < -0.4 is 4.90 Å². The first-order chi connectivity index (χ1) is 14.3. The molecule has 1 saturated heterocycles. The van der Waals surface area contributed by atoms with Crippen LogP contribution >= 0.6 is 0 Å². The molecule has 3 aromatic carbocycles. The van der Waals surface area contributed by atoms with Crippen LogP contribution in [0.5, 0.6) is 0 Å². The van der Waals surface area contributed by atoms with Crippen molar-refractivity contribution in [2.24, 2.45) is 0 Å². The van der Waals surface area contributed by atoms with Crippen molar-refractivity contribution in [3.63, 3.8) is 0 Å². The summed E-state index contributed by atoms with van der Waals surface area (Å²) < 4.78 is 0. The molecule has 0 saturated carbocycles. The molecule has 146 valence electrons. The fourth-order valence-electron chi connectivity index (χ4n) is 4.01. The molecule has 0 N–H and O–H groups in total. The molecule has 3 nitrogen and oxygen atoms in total. The number of benzene rings is 3.